The summed E-state index contributed by atoms with van der Waals surface area (Å²) in [7, 11) is 0. The van der Waals surface area contributed by atoms with Crippen molar-refractivity contribution in [2.75, 3.05) is 0 Å². The van der Waals surface area contributed by atoms with Gasteiger partial charge in [-0.2, -0.15) is 0 Å². The first-order valence-electron chi connectivity index (χ1n) is 5.21. The molecule has 0 radical (unpaired) electrons. The Kier molecular flexibility index (Phi) is 1.68. The summed E-state index contributed by atoms with van der Waals surface area (Å²) in [5.74, 6) is -0.120. The molecule has 0 amide bonds. The van der Waals surface area contributed by atoms with E-state index in [1.807, 2.05) is 12.1 Å². The predicted molar refractivity (Wildman–Crippen MR) is 58.1 cm³/mol. The van der Waals surface area contributed by atoms with Gasteiger partial charge in [0.25, 0.3) is 0 Å². The third kappa shape index (κ3) is 1.43. The van der Waals surface area contributed by atoms with E-state index in [9.17, 15) is 4.39 Å². The van der Waals surface area contributed by atoms with Crippen molar-refractivity contribution in [3.05, 3.63) is 35.8 Å². The van der Waals surface area contributed by atoms with Gasteiger partial charge >= 0.3 is 0 Å². The topological polar surface area (TPSA) is 41.8 Å². The van der Waals surface area contributed by atoms with E-state index >= 15 is 0 Å². The Labute approximate surface area is 87.3 Å². The first kappa shape index (κ1) is 8.92. The number of aromatic amines is 1. The molecule has 3 heteroatoms. The Morgan fingerprint density at radius 3 is 2.87 bits per heavy atom. The van der Waals surface area contributed by atoms with Gasteiger partial charge in [0.1, 0.15) is 5.82 Å². The van der Waals surface area contributed by atoms with Crippen molar-refractivity contribution in [1.29, 1.82) is 0 Å². The van der Waals surface area contributed by atoms with Crippen LogP contribution in [0, 0.1) is 5.82 Å². The molecule has 1 aromatic carbocycles. The lowest BCUT2D eigenvalue weighted by atomic mass is 10.0. The predicted octanol–water partition coefficient (Wildman–Crippen LogP) is 2.34. The summed E-state index contributed by atoms with van der Waals surface area (Å²) in [4.78, 5) is 2.99. The number of H-pyrrole nitrogens is 1. The van der Waals surface area contributed by atoms with E-state index in [4.69, 9.17) is 5.73 Å². The number of nitrogens with one attached hydrogen (secondary N) is 1. The minimum absolute atomic E-state index is 0.120. The molecule has 0 bridgehead atoms. The summed E-state index contributed by atoms with van der Waals surface area (Å²) < 4.78 is 14.0. The van der Waals surface area contributed by atoms with Crippen molar-refractivity contribution in [2.24, 2.45) is 5.73 Å². The second-order valence-electron chi connectivity index (χ2n) is 4.52. The SMILES string of the molecule is NC1(Cc2ccc3[nH]ccc3c2F)CC1. The van der Waals surface area contributed by atoms with Crippen LogP contribution in [-0.2, 0) is 6.42 Å². The molecule has 0 aliphatic heterocycles. The highest BCUT2D eigenvalue weighted by atomic mass is 19.1. The average molecular weight is 204 g/mol. The van der Waals surface area contributed by atoms with E-state index in [0.29, 0.717) is 11.8 Å². The maximum atomic E-state index is 14.0. The number of benzene rings is 1. The van der Waals surface area contributed by atoms with Crippen molar-refractivity contribution >= 4 is 10.9 Å². The fourth-order valence-electron chi connectivity index (χ4n) is 1.99. The molecule has 15 heavy (non-hydrogen) atoms. The van der Waals surface area contributed by atoms with E-state index in [0.717, 1.165) is 23.9 Å². The van der Waals surface area contributed by atoms with E-state index in [1.165, 1.54) is 0 Å². The number of nitrogens with two attached hydrogens (primary N) is 1. The van der Waals surface area contributed by atoms with Crippen LogP contribution in [0.25, 0.3) is 10.9 Å². The number of hydrogen-bond donors (Lipinski definition) is 2. The van der Waals surface area contributed by atoms with Gasteiger partial charge in [0.05, 0.1) is 0 Å². The molecular formula is C12H13FN2. The summed E-state index contributed by atoms with van der Waals surface area (Å²) in [5, 5.41) is 0.664. The zero-order chi connectivity index (χ0) is 10.5. The standard InChI is InChI=1S/C12H13FN2/c13-11-8(7-12(14)4-5-12)1-2-10-9(11)3-6-15-10/h1-3,6,15H,4-5,7,14H2. The van der Waals surface area contributed by atoms with Crippen LogP contribution in [0.4, 0.5) is 4.39 Å². The van der Waals surface area contributed by atoms with Crippen LogP contribution in [0.1, 0.15) is 18.4 Å². The van der Waals surface area contributed by atoms with Gasteiger partial charge in [0.2, 0.25) is 0 Å². The summed E-state index contributed by atoms with van der Waals surface area (Å²) in [5.41, 5.74) is 7.44. The summed E-state index contributed by atoms with van der Waals surface area (Å²) >= 11 is 0. The van der Waals surface area contributed by atoms with Crippen molar-refractivity contribution in [1.82, 2.24) is 4.98 Å². The van der Waals surface area contributed by atoms with Crippen molar-refractivity contribution < 1.29 is 4.39 Å². The molecule has 1 saturated carbocycles. The quantitative estimate of drug-likeness (QED) is 0.774. The zero-order valence-electron chi connectivity index (χ0n) is 8.39. The Hall–Kier alpha value is -1.35. The highest BCUT2D eigenvalue weighted by Gasteiger charge is 2.38. The summed E-state index contributed by atoms with van der Waals surface area (Å²) in [6.45, 7) is 0. The molecule has 0 unspecified atom stereocenters. The second-order valence-corrected chi connectivity index (χ2v) is 4.52. The molecule has 1 fully saturated rings. The highest BCUT2D eigenvalue weighted by Crippen LogP contribution is 2.36. The molecule has 2 aromatic rings. The van der Waals surface area contributed by atoms with E-state index in [2.05, 4.69) is 4.98 Å². The molecule has 1 heterocycles. The highest BCUT2D eigenvalue weighted by molar-refractivity contribution is 5.80. The van der Waals surface area contributed by atoms with Gasteiger partial charge in [-0.25, -0.2) is 4.39 Å². The summed E-state index contributed by atoms with van der Waals surface area (Å²) in [6.07, 6.45) is 4.43. The lowest BCUT2D eigenvalue weighted by Crippen LogP contribution is -2.25. The van der Waals surface area contributed by atoms with Gasteiger partial charge in [-0.1, -0.05) is 6.07 Å². The first-order valence-corrected chi connectivity index (χ1v) is 5.21. The van der Waals surface area contributed by atoms with Crippen LogP contribution < -0.4 is 5.73 Å². The van der Waals surface area contributed by atoms with Gasteiger partial charge in [-0.3, -0.25) is 0 Å². The molecule has 1 aromatic heterocycles. The van der Waals surface area contributed by atoms with Crippen LogP contribution >= 0.6 is 0 Å². The third-order valence-electron chi connectivity index (χ3n) is 3.18. The molecule has 3 rings (SSSR count). The summed E-state index contributed by atoms with van der Waals surface area (Å²) in [6, 6.07) is 5.52. The van der Waals surface area contributed by atoms with Crippen molar-refractivity contribution in [3.63, 3.8) is 0 Å². The van der Waals surface area contributed by atoms with Gasteiger partial charge in [0.15, 0.2) is 0 Å². The largest absolute Gasteiger partial charge is 0.361 e. The molecule has 1 aliphatic carbocycles. The molecular weight excluding hydrogens is 191 g/mol. The average Bonchev–Trinajstić information content (AvgIpc) is 2.78. The maximum absolute atomic E-state index is 14.0. The molecule has 3 N–H and O–H groups in total. The molecule has 0 spiro atoms. The second kappa shape index (κ2) is 2.83. The minimum Gasteiger partial charge on any atom is -0.361 e. The Morgan fingerprint density at radius 2 is 2.13 bits per heavy atom. The number of aromatic nitrogens is 1. The molecule has 0 atom stereocenters. The van der Waals surface area contributed by atoms with Gasteiger partial charge in [-0.05, 0) is 37.0 Å². The fourth-order valence-corrected chi connectivity index (χ4v) is 1.99. The molecule has 1 aliphatic rings. The number of fused-ring (bicyclic) bond motifs is 1. The minimum atomic E-state index is -0.134. The van der Waals surface area contributed by atoms with E-state index in [1.54, 1.807) is 12.3 Å². The molecule has 0 saturated heterocycles. The molecule has 78 valence electrons. The van der Waals surface area contributed by atoms with Crippen LogP contribution in [0.3, 0.4) is 0 Å². The Bertz CT molecular complexity index is 511. The third-order valence-corrected chi connectivity index (χ3v) is 3.18. The van der Waals surface area contributed by atoms with Gasteiger partial charge in [0, 0.05) is 22.6 Å². The van der Waals surface area contributed by atoms with Crippen LogP contribution in [-0.4, -0.2) is 10.5 Å². The maximum Gasteiger partial charge on any atom is 0.135 e. The van der Waals surface area contributed by atoms with E-state index in [-0.39, 0.29) is 11.4 Å². The first-order chi connectivity index (χ1) is 7.18. The Balaban J connectivity index is 2.06. The number of halogens is 1. The Morgan fingerprint density at radius 1 is 1.33 bits per heavy atom. The zero-order valence-corrected chi connectivity index (χ0v) is 8.39. The lowest BCUT2D eigenvalue weighted by Gasteiger charge is -2.09. The molecule has 2 nitrogen and oxygen atoms in total. The monoisotopic (exact) mass is 204 g/mol. The number of rotatable bonds is 2. The van der Waals surface area contributed by atoms with Gasteiger partial charge in [-0.15, -0.1) is 0 Å². The smallest absolute Gasteiger partial charge is 0.135 e. The normalized spacial score (nSPS) is 18.3. The fraction of sp³-hybridized carbons (Fsp3) is 0.333. The lowest BCUT2D eigenvalue weighted by molar-refractivity contribution is 0.592. The number of hydrogen-bond acceptors (Lipinski definition) is 1. The van der Waals surface area contributed by atoms with E-state index < -0.39 is 0 Å². The van der Waals surface area contributed by atoms with Crippen LogP contribution in [0.5, 0.6) is 0 Å². The van der Waals surface area contributed by atoms with Gasteiger partial charge < -0.3 is 10.7 Å². The van der Waals surface area contributed by atoms with Crippen molar-refractivity contribution in [3.8, 4) is 0 Å². The van der Waals surface area contributed by atoms with Crippen LogP contribution in [0.15, 0.2) is 24.4 Å². The van der Waals surface area contributed by atoms with Crippen LogP contribution in [0.2, 0.25) is 0 Å². The van der Waals surface area contributed by atoms with Crippen molar-refractivity contribution in [2.45, 2.75) is 24.8 Å².